The normalized spacial score (nSPS) is 16.3. The minimum atomic E-state index is 0.280. The van der Waals surface area contributed by atoms with Crippen molar-refractivity contribution in [3.8, 4) is 11.5 Å². The molecule has 0 saturated heterocycles. The van der Waals surface area contributed by atoms with Gasteiger partial charge in [-0.1, -0.05) is 29.4 Å². The molecular formula is C21H22N2O2. The molecule has 3 aromatic rings. The number of aromatic nitrogens is 1. The maximum Gasteiger partial charge on any atom is 0.147 e. The van der Waals surface area contributed by atoms with Gasteiger partial charge in [-0.15, -0.1) is 0 Å². The summed E-state index contributed by atoms with van der Waals surface area (Å²) in [6.07, 6.45) is 5.02. The zero-order valence-electron chi connectivity index (χ0n) is 14.4. The summed E-state index contributed by atoms with van der Waals surface area (Å²) in [5, 5.41) is 7.63. The molecule has 0 spiro atoms. The Morgan fingerprint density at radius 3 is 2.88 bits per heavy atom. The van der Waals surface area contributed by atoms with Crippen LogP contribution < -0.4 is 10.1 Å². The second-order valence-corrected chi connectivity index (χ2v) is 6.36. The zero-order valence-corrected chi connectivity index (χ0v) is 14.4. The fraction of sp³-hybridized carbons (Fsp3) is 0.286. The second-order valence-electron chi connectivity index (χ2n) is 6.36. The average Bonchev–Trinajstić information content (AvgIpc) is 3.10. The molecule has 1 aliphatic rings. The van der Waals surface area contributed by atoms with E-state index >= 15 is 0 Å². The smallest absolute Gasteiger partial charge is 0.147 e. The molecule has 0 amide bonds. The molecular weight excluding hydrogens is 312 g/mol. The summed E-state index contributed by atoms with van der Waals surface area (Å²) in [4.78, 5) is 0. The number of rotatable bonds is 5. The molecule has 0 aliphatic heterocycles. The Hall–Kier alpha value is -2.75. The molecule has 1 unspecified atom stereocenters. The van der Waals surface area contributed by atoms with Gasteiger partial charge in [0.05, 0.1) is 5.69 Å². The van der Waals surface area contributed by atoms with Gasteiger partial charge in [-0.3, -0.25) is 0 Å². The van der Waals surface area contributed by atoms with E-state index in [2.05, 4.69) is 35.6 Å². The van der Waals surface area contributed by atoms with Gasteiger partial charge in [0.25, 0.3) is 0 Å². The maximum atomic E-state index is 5.99. The quantitative estimate of drug-likeness (QED) is 0.681. The lowest BCUT2D eigenvalue weighted by molar-refractivity contribution is 0.404. The summed E-state index contributed by atoms with van der Waals surface area (Å²) in [5.41, 5.74) is 4.69. The van der Waals surface area contributed by atoms with E-state index in [9.17, 15) is 0 Å². The molecule has 1 aromatic heterocycles. The third-order valence-electron chi connectivity index (χ3n) is 4.70. The van der Waals surface area contributed by atoms with Crippen LogP contribution in [0, 0.1) is 0 Å². The van der Waals surface area contributed by atoms with Crippen molar-refractivity contribution >= 4 is 5.69 Å². The third-order valence-corrected chi connectivity index (χ3v) is 4.70. The molecule has 0 bridgehead atoms. The Balaban J connectivity index is 1.63. The third kappa shape index (κ3) is 3.25. The average molecular weight is 334 g/mol. The number of hydrogen-bond acceptors (Lipinski definition) is 4. The highest BCUT2D eigenvalue weighted by atomic mass is 16.5. The predicted molar refractivity (Wildman–Crippen MR) is 98.4 cm³/mol. The molecule has 1 aliphatic carbocycles. The SMILES string of the molecule is CCNc1conc1C1CCCc2cc(Oc3ccccc3)ccc21. The zero-order chi connectivity index (χ0) is 17.1. The lowest BCUT2D eigenvalue weighted by Crippen LogP contribution is -2.13. The molecule has 0 radical (unpaired) electrons. The summed E-state index contributed by atoms with van der Waals surface area (Å²) in [6, 6.07) is 16.3. The van der Waals surface area contributed by atoms with Gasteiger partial charge in [0.1, 0.15) is 23.5 Å². The van der Waals surface area contributed by atoms with E-state index < -0.39 is 0 Å². The summed E-state index contributed by atoms with van der Waals surface area (Å²) in [5.74, 6) is 2.03. The Morgan fingerprint density at radius 1 is 1.16 bits per heavy atom. The van der Waals surface area contributed by atoms with Crippen molar-refractivity contribution in [3.05, 3.63) is 71.6 Å². The van der Waals surface area contributed by atoms with Gasteiger partial charge in [-0.2, -0.15) is 0 Å². The first-order chi connectivity index (χ1) is 12.3. The lowest BCUT2D eigenvalue weighted by Gasteiger charge is -2.25. The van der Waals surface area contributed by atoms with Crippen LogP contribution in [0.4, 0.5) is 5.69 Å². The summed E-state index contributed by atoms with van der Waals surface area (Å²) in [7, 11) is 0. The van der Waals surface area contributed by atoms with E-state index in [1.165, 1.54) is 11.1 Å². The molecule has 25 heavy (non-hydrogen) atoms. The molecule has 4 heteroatoms. The number of hydrogen-bond donors (Lipinski definition) is 1. The predicted octanol–water partition coefficient (Wildman–Crippen LogP) is 5.37. The van der Waals surface area contributed by atoms with Gasteiger partial charge < -0.3 is 14.6 Å². The Labute approximate surface area is 147 Å². The van der Waals surface area contributed by atoms with E-state index in [1.807, 2.05) is 30.3 Å². The first-order valence-electron chi connectivity index (χ1n) is 8.89. The first-order valence-corrected chi connectivity index (χ1v) is 8.89. The van der Waals surface area contributed by atoms with E-state index in [0.717, 1.165) is 48.7 Å². The number of nitrogens with one attached hydrogen (secondary N) is 1. The highest BCUT2D eigenvalue weighted by Crippen LogP contribution is 2.40. The molecule has 0 fully saturated rings. The Kier molecular flexibility index (Phi) is 4.42. The van der Waals surface area contributed by atoms with E-state index in [4.69, 9.17) is 9.26 Å². The Morgan fingerprint density at radius 2 is 2.04 bits per heavy atom. The van der Waals surface area contributed by atoms with E-state index in [0.29, 0.717) is 0 Å². The van der Waals surface area contributed by atoms with Gasteiger partial charge in [0.2, 0.25) is 0 Å². The molecule has 4 rings (SSSR count). The summed E-state index contributed by atoms with van der Waals surface area (Å²) < 4.78 is 11.2. The van der Waals surface area contributed by atoms with Crippen molar-refractivity contribution in [2.75, 3.05) is 11.9 Å². The van der Waals surface area contributed by atoms with Gasteiger partial charge >= 0.3 is 0 Å². The van der Waals surface area contributed by atoms with Crippen molar-refractivity contribution < 1.29 is 9.26 Å². The number of ether oxygens (including phenoxy) is 1. The van der Waals surface area contributed by atoms with Gasteiger partial charge in [0.15, 0.2) is 0 Å². The highest BCUT2D eigenvalue weighted by molar-refractivity contribution is 5.52. The molecule has 128 valence electrons. The van der Waals surface area contributed by atoms with Crippen LogP contribution in [-0.4, -0.2) is 11.7 Å². The van der Waals surface area contributed by atoms with Gasteiger partial charge in [0, 0.05) is 12.5 Å². The van der Waals surface area contributed by atoms with Crippen LogP contribution >= 0.6 is 0 Å². The van der Waals surface area contributed by atoms with Crippen LogP contribution in [0.3, 0.4) is 0 Å². The minimum absolute atomic E-state index is 0.280. The van der Waals surface area contributed by atoms with Crippen LogP contribution in [0.5, 0.6) is 11.5 Å². The lowest BCUT2D eigenvalue weighted by atomic mass is 9.80. The van der Waals surface area contributed by atoms with E-state index in [-0.39, 0.29) is 5.92 Å². The van der Waals surface area contributed by atoms with Crippen LogP contribution in [0.25, 0.3) is 0 Å². The number of nitrogens with zero attached hydrogens (tertiary/aromatic N) is 1. The molecule has 1 atom stereocenters. The summed E-state index contributed by atoms with van der Waals surface area (Å²) in [6.45, 7) is 2.94. The summed E-state index contributed by atoms with van der Waals surface area (Å²) >= 11 is 0. The van der Waals surface area contributed by atoms with Crippen LogP contribution in [0.2, 0.25) is 0 Å². The fourth-order valence-electron chi connectivity index (χ4n) is 3.58. The first kappa shape index (κ1) is 15.8. The van der Waals surface area contributed by atoms with Crippen molar-refractivity contribution in [1.82, 2.24) is 5.16 Å². The van der Waals surface area contributed by atoms with E-state index in [1.54, 1.807) is 6.26 Å². The second kappa shape index (κ2) is 7.01. The monoisotopic (exact) mass is 334 g/mol. The topological polar surface area (TPSA) is 47.3 Å². The molecule has 2 aromatic carbocycles. The molecule has 0 saturated carbocycles. The molecule has 1 N–H and O–H groups in total. The Bertz CT molecular complexity index is 842. The van der Waals surface area contributed by atoms with Crippen molar-refractivity contribution in [2.24, 2.45) is 0 Å². The van der Waals surface area contributed by atoms with Crippen LogP contribution in [-0.2, 0) is 6.42 Å². The maximum absolute atomic E-state index is 5.99. The number of para-hydroxylation sites is 1. The van der Waals surface area contributed by atoms with Crippen molar-refractivity contribution in [2.45, 2.75) is 32.1 Å². The van der Waals surface area contributed by atoms with Gasteiger partial charge in [-0.05, 0) is 61.6 Å². The van der Waals surface area contributed by atoms with Crippen LogP contribution in [0.1, 0.15) is 42.5 Å². The highest BCUT2D eigenvalue weighted by Gasteiger charge is 2.27. The number of benzene rings is 2. The van der Waals surface area contributed by atoms with Crippen molar-refractivity contribution in [1.29, 1.82) is 0 Å². The standard InChI is InChI=1S/C21H22N2O2/c1-2-22-20-14-24-23-21(20)19-10-6-7-15-13-17(11-12-18(15)19)25-16-8-4-3-5-9-16/h3-5,8-9,11-14,19,22H,2,6-7,10H2,1H3. The van der Waals surface area contributed by atoms with Crippen molar-refractivity contribution in [3.63, 3.8) is 0 Å². The fourth-order valence-corrected chi connectivity index (χ4v) is 3.58. The van der Waals surface area contributed by atoms with Crippen LogP contribution in [0.15, 0.2) is 59.3 Å². The molecule has 4 nitrogen and oxygen atoms in total. The number of anilines is 1. The molecule has 1 heterocycles. The number of fused-ring (bicyclic) bond motifs is 1. The largest absolute Gasteiger partial charge is 0.457 e. The minimum Gasteiger partial charge on any atom is -0.457 e. The number of aryl methyl sites for hydroxylation is 1. The van der Waals surface area contributed by atoms with Gasteiger partial charge in [-0.25, -0.2) is 0 Å².